The van der Waals surface area contributed by atoms with Crippen molar-refractivity contribution >= 4 is 17.9 Å². The zero-order valence-corrected chi connectivity index (χ0v) is 4.70. The van der Waals surface area contributed by atoms with E-state index >= 15 is 0 Å². The number of nitrogens with zero attached hydrogens (tertiary/aromatic N) is 1. The van der Waals surface area contributed by atoms with Crippen LogP contribution in [0.25, 0.3) is 0 Å². The number of rotatable bonds is 0. The number of hydrogen-bond donors (Lipinski definition) is 0. The summed E-state index contributed by atoms with van der Waals surface area (Å²) in [5.41, 5.74) is 0. The van der Waals surface area contributed by atoms with Gasteiger partial charge in [-0.1, -0.05) is 0 Å². The first kappa shape index (κ1) is 5.88. The Labute approximate surface area is 52.1 Å². The molecule has 1 aliphatic rings. The molecule has 0 saturated heterocycles. The quantitative estimate of drug-likeness (QED) is 0.459. The van der Waals surface area contributed by atoms with E-state index in [2.05, 4.69) is 4.99 Å². The van der Waals surface area contributed by atoms with Crippen molar-refractivity contribution in [3.8, 4) is 0 Å². The van der Waals surface area contributed by atoms with Crippen LogP contribution in [-0.4, -0.2) is 17.9 Å². The van der Waals surface area contributed by atoms with Gasteiger partial charge in [0.15, 0.2) is 5.78 Å². The van der Waals surface area contributed by atoms with E-state index in [1.165, 1.54) is 18.4 Å². The van der Waals surface area contributed by atoms with Gasteiger partial charge in [-0.2, -0.15) is 0 Å². The van der Waals surface area contributed by atoms with E-state index in [4.69, 9.17) is 0 Å². The zero-order valence-electron chi connectivity index (χ0n) is 4.70. The predicted octanol–water partition coefficient (Wildman–Crippen LogP) is 0.113. The van der Waals surface area contributed by atoms with E-state index in [0.29, 0.717) is 0 Å². The molecule has 1 heterocycles. The molecule has 1 amide bonds. The van der Waals surface area contributed by atoms with Crippen LogP contribution in [0.4, 0.5) is 0 Å². The van der Waals surface area contributed by atoms with Crippen LogP contribution in [0.15, 0.2) is 17.1 Å². The number of amides is 1. The molecule has 0 saturated carbocycles. The first-order valence-corrected chi connectivity index (χ1v) is 2.56. The monoisotopic (exact) mass is 123 g/mol. The van der Waals surface area contributed by atoms with Gasteiger partial charge < -0.3 is 0 Å². The van der Waals surface area contributed by atoms with Crippen molar-refractivity contribution in [1.29, 1.82) is 0 Å². The molecular weight excluding hydrogens is 118 g/mol. The van der Waals surface area contributed by atoms with Crippen molar-refractivity contribution in [2.45, 2.75) is 6.42 Å². The van der Waals surface area contributed by atoms with Crippen LogP contribution in [0, 0.1) is 0 Å². The maximum Gasteiger partial charge on any atom is 0.269 e. The molecule has 46 valence electrons. The third-order valence-electron chi connectivity index (χ3n) is 0.923. The minimum Gasteiger partial charge on any atom is -0.294 e. The molecule has 0 aromatic rings. The molecule has 0 spiro atoms. The highest BCUT2D eigenvalue weighted by Gasteiger charge is 1.99. The van der Waals surface area contributed by atoms with Gasteiger partial charge in [-0.05, 0) is 6.08 Å². The first-order chi connectivity index (χ1) is 4.29. The highest BCUT2D eigenvalue weighted by molar-refractivity contribution is 6.08. The Morgan fingerprint density at radius 2 is 2.11 bits per heavy atom. The summed E-state index contributed by atoms with van der Waals surface area (Å²) in [5, 5.41) is 0. The van der Waals surface area contributed by atoms with Crippen molar-refractivity contribution < 1.29 is 9.59 Å². The molecule has 1 rings (SSSR count). The molecule has 0 aromatic heterocycles. The zero-order chi connectivity index (χ0) is 6.69. The largest absolute Gasteiger partial charge is 0.294 e. The van der Waals surface area contributed by atoms with Gasteiger partial charge >= 0.3 is 0 Å². The first-order valence-electron chi connectivity index (χ1n) is 2.56. The third kappa shape index (κ3) is 1.60. The average Bonchev–Trinajstić information content (AvgIpc) is 1.97. The molecule has 0 bridgehead atoms. The highest BCUT2D eigenvalue weighted by atomic mass is 16.1. The van der Waals surface area contributed by atoms with Gasteiger partial charge in [0.25, 0.3) is 5.91 Å². The normalized spacial score (nSPS) is 18.2. The smallest absolute Gasteiger partial charge is 0.269 e. The lowest BCUT2D eigenvalue weighted by atomic mass is 10.3. The highest BCUT2D eigenvalue weighted by Crippen LogP contribution is 1.90. The van der Waals surface area contributed by atoms with E-state index in [0.717, 1.165) is 0 Å². The van der Waals surface area contributed by atoms with Gasteiger partial charge in [-0.3, -0.25) is 9.59 Å². The number of allylic oxidation sites excluding steroid dienone is 1. The van der Waals surface area contributed by atoms with E-state index in [1.54, 1.807) is 0 Å². The third-order valence-corrected chi connectivity index (χ3v) is 0.923. The second-order valence-corrected chi connectivity index (χ2v) is 1.65. The van der Waals surface area contributed by atoms with Crippen LogP contribution >= 0.6 is 0 Å². The SMILES string of the molecule is O=C1C=CC(=O)N=CC1. The van der Waals surface area contributed by atoms with Crippen molar-refractivity contribution in [1.82, 2.24) is 0 Å². The van der Waals surface area contributed by atoms with Gasteiger partial charge in [0.1, 0.15) is 0 Å². The summed E-state index contributed by atoms with van der Waals surface area (Å²) >= 11 is 0. The van der Waals surface area contributed by atoms with Gasteiger partial charge in [-0.15, -0.1) is 0 Å². The average molecular weight is 123 g/mol. The van der Waals surface area contributed by atoms with Crippen LogP contribution in [0.1, 0.15) is 6.42 Å². The molecule has 0 atom stereocenters. The number of carbonyl (C=O) groups excluding carboxylic acids is 2. The standard InChI is InChI=1S/C6H5NO2/c8-5-1-2-6(9)7-4-3-5/h1-2,4H,3H2. The molecule has 1 aliphatic heterocycles. The second-order valence-electron chi connectivity index (χ2n) is 1.65. The van der Waals surface area contributed by atoms with Gasteiger partial charge in [0.05, 0.1) is 0 Å². The Balaban J connectivity index is 2.80. The number of carbonyl (C=O) groups is 2. The lowest BCUT2D eigenvalue weighted by Gasteiger charge is -1.76. The Kier molecular flexibility index (Phi) is 1.53. The fourth-order valence-corrected chi connectivity index (χ4v) is 0.501. The molecule has 0 fully saturated rings. The van der Waals surface area contributed by atoms with Crippen molar-refractivity contribution in [3.05, 3.63) is 12.2 Å². The number of aliphatic imine (C=N–C) groups is 1. The Morgan fingerprint density at radius 1 is 1.33 bits per heavy atom. The Morgan fingerprint density at radius 3 is 2.89 bits per heavy atom. The number of ketones is 1. The summed E-state index contributed by atoms with van der Waals surface area (Å²) in [6.45, 7) is 0. The Bertz CT molecular complexity index is 203. The van der Waals surface area contributed by atoms with E-state index < -0.39 is 0 Å². The minimum atomic E-state index is -0.360. The lowest BCUT2D eigenvalue weighted by Crippen LogP contribution is -1.89. The molecule has 3 heteroatoms. The topological polar surface area (TPSA) is 46.5 Å². The van der Waals surface area contributed by atoms with E-state index in [9.17, 15) is 9.59 Å². The summed E-state index contributed by atoms with van der Waals surface area (Å²) in [6, 6.07) is 0. The van der Waals surface area contributed by atoms with Crippen molar-refractivity contribution in [3.63, 3.8) is 0 Å². The fourth-order valence-electron chi connectivity index (χ4n) is 0.501. The van der Waals surface area contributed by atoms with Crippen LogP contribution in [0.3, 0.4) is 0 Å². The summed E-state index contributed by atoms with van der Waals surface area (Å²) < 4.78 is 0. The van der Waals surface area contributed by atoms with Gasteiger partial charge in [-0.25, -0.2) is 4.99 Å². The van der Waals surface area contributed by atoms with Gasteiger partial charge in [0.2, 0.25) is 0 Å². The maximum absolute atomic E-state index is 10.5. The van der Waals surface area contributed by atoms with Crippen molar-refractivity contribution in [2.24, 2.45) is 4.99 Å². The van der Waals surface area contributed by atoms with Crippen LogP contribution < -0.4 is 0 Å². The number of hydrogen-bond acceptors (Lipinski definition) is 2. The summed E-state index contributed by atoms with van der Waals surface area (Å²) in [5.74, 6) is -0.439. The van der Waals surface area contributed by atoms with Crippen LogP contribution in [0.2, 0.25) is 0 Å². The molecule has 0 unspecified atom stereocenters. The molecular formula is C6H5NO2. The van der Waals surface area contributed by atoms with Crippen LogP contribution in [-0.2, 0) is 9.59 Å². The predicted molar refractivity (Wildman–Crippen MR) is 32.3 cm³/mol. The van der Waals surface area contributed by atoms with Crippen LogP contribution in [0.5, 0.6) is 0 Å². The molecule has 9 heavy (non-hydrogen) atoms. The maximum atomic E-state index is 10.5. The van der Waals surface area contributed by atoms with Crippen molar-refractivity contribution in [2.75, 3.05) is 0 Å². The molecule has 0 aromatic carbocycles. The minimum absolute atomic E-state index is 0.0791. The molecule has 3 nitrogen and oxygen atoms in total. The summed E-state index contributed by atoms with van der Waals surface area (Å²) in [6.07, 6.45) is 3.98. The molecule has 0 aliphatic carbocycles. The summed E-state index contributed by atoms with van der Waals surface area (Å²) in [4.78, 5) is 24.3. The van der Waals surface area contributed by atoms with E-state index in [1.807, 2.05) is 0 Å². The Hall–Kier alpha value is -1.25. The molecule has 0 radical (unpaired) electrons. The fraction of sp³-hybridized carbons (Fsp3) is 0.167. The molecule has 0 N–H and O–H groups in total. The van der Waals surface area contributed by atoms with Gasteiger partial charge in [0, 0.05) is 18.7 Å². The van der Waals surface area contributed by atoms with E-state index in [-0.39, 0.29) is 18.1 Å². The second kappa shape index (κ2) is 2.35. The lowest BCUT2D eigenvalue weighted by molar-refractivity contribution is -0.115. The summed E-state index contributed by atoms with van der Waals surface area (Å²) in [7, 11) is 0.